The SMILES string of the molecule is CCOC1CC1C(=O)N1Cc2cc(O)ccc2C[C@H]1C(=O)OC. The van der Waals surface area contributed by atoms with E-state index < -0.39 is 12.0 Å². The molecule has 1 aromatic carbocycles. The molecule has 1 heterocycles. The summed E-state index contributed by atoms with van der Waals surface area (Å²) >= 11 is 0. The molecule has 6 nitrogen and oxygen atoms in total. The van der Waals surface area contributed by atoms with E-state index in [1.807, 2.05) is 6.92 Å². The van der Waals surface area contributed by atoms with Crippen molar-refractivity contribution in [2.24, 2.45) is 5.92 Å². The summed E-state index contributed by atoms with van der Waals surface area (Å²) in [6.45, 7) is 2.78. The standard InChI is InChI=1S/C17H21NO5/c1-3-23-15-8-13(15)16(20)18-9-11-6-12(19)5-4-10(11)7-14(18)17(21)22-2/h4-6,13-15,19H,3,7-9H2,1-2H3/t13?,14-,15?/m0/s1. The van der Waals surface area contributed by atoms with Gasteiger partial charge in [0.1, 0.15) is 11.8 Å². The molecule has 2 aliphatic rings. The van der Waals surface area contributed by atoms with Crippen LogP contribution in [0.1, 0.15) is 24.5 Å². The van der Waals surface area contributed by atoms with Crippen molar-refractivity contribution in [1.82, 2.24) is 4.90 Å². The lowest BCUT2D eigenvalue weighted by molar-refractivity contribution is -0.154. The third-order valence-electron chi connectivity index (χ3n) is 4.51. The van der Waals surface area contributed by atoms with E-state index in [0.29, 0.717) is 26.0 Å². The van der Waals surface area contributed by atoms with E-state index in [9.17, 15) is 14.7 Å². The average molecular weight is 319 g/mol. The van der Waals surface area contributed by atoms with Gasteiger partial charge < -0.3 is 19.5 Å². The Balaban J connectivity index is 1.84. The van der Waals surface area contributed by atoms with E-state index in [4.69, 9.17) is 9.47 Å². The monoisotopic (exact) mass is 319 g/mol. The van der Waals surface area contributed by atoms with Crippen LogP contribution in [0.5, 0.6) is 5.75 Å². The number of fused-ring (bicyclic) bond motifs is 1. The summed E-state index contributed by atoms with van der Waals surface area (Å²) in [7, 11) is 1.33. The molecule has 0 radical (unpaired) electrons. The van der Waals surface area contributed by atoms with Crippen LogP contribution in [0.3, 0.4) is 0 Å². The normalized spacial score (nSPS) is 25.7. The van der Waals surface area contributed by atoms with Crippen LogP contribution in [0.4, 0.5) is 0 Å². The fraction of sp³-hybridized carbons (Fsp3) is 0.529. The Morgan fingerprint density at radius 3 is 2.83 bits per heavy atom. The number of carbonyl (C=O) groups excluding carboxylic acids is 2. The van der Waals surface area contributed by atoms with E-state index >= 15 is 0 Å². The molecule has 1 fully saturated rings. The molecule has 0 saturated heterocycles. The summed E-state index contributed by atoms with van der Waals surface area (Å²) in [6.07, 6.45) is 1.06. The van der Waals surface area contributed by atoms with Crippen LogP contribution < -0.4 is 0 Å². The Kier molecular flexibility index (Phi) is 4.26. The Bertz CT molecular complexity index is 629. The number of nitrogens with zero attached hydrogens (tertiary/aromatic N) is 1. The lowest BCUT2D eigenvalue weighted by Gasteiger charge is -2.35. The number of phenolic OH excluding ortho intramolecular Hbond substituents is 1. The molecular weight excluding hydrogens is 298 g/mol. The minimum absolute atomic E-state index is 0.0450. The van der Waals surface area contributed by atoms with E-state index in [2.05, 4.69) is 0 Å². The molecule has 1 amide bonds. The zero-order valence-corrected chi connectivity index (χ0v) is 13.3. The fourth-order valence-electron chi connectivity index (χ4n) is 3.19. The van der Waals surface area contributed by atoms with Crippen LogP contribution in [0.25, 0.3) is 0 Å². The Morgan fingerprint density at radius 2 is 2.13 bits per heavy atom. The van der Waals surface area contributed by atoms with Gasteiger partial charge in [0.25, 0.3) is 0 Å². The molecule has 1 aliphatic heterocycles. The van der Waals surface area contributed by atoms with Crippen molar-refractivity contribution in [3.8, 4) is 5.75 Å². The van der Waals surface area contributed by atoms with Gasteiger partial charge in [-0.1, -0.05) is 6.07 Å². The minimum Gasteiger partial charge on any atom is -0.508 e. The van der Waals surface area contributed by atoms with E-state index in [-0.39, 0.29) is 23.7 Å². The molecule has 0 spiro atoms. The molecule has 6 heteroatoms. The molecule has 3 atom stereocenters. The molecule has 3 rings (SSSR count). The maximum Gasteiger partial charge on any atom is 0.328 e. The Hall–Kier alpha value is -2.08. The summed E-state index contributed by atoms with van der Waals surface area (Å²) in [4.78, 5) is 26.4. The summed E-state index contributed by atoms with van der Waals surface area (Å²) in [5.74, 6) is -0.509. The van der Waals surface area contributed by atoms with Crippen molar-refractivity contribution >= 4 is 11.9 Å². The second-order valence-corrected chi connectivity index (χ2v) is 6.00. The van der Waals surface area contributed by atoms with Crippen LogP contribution >= 0.6 is 0 Å². The van der Waals surface area contributed by atoms with Crippen LogP contribution in [-0.2, 0) is 32.0 Å². The summed E-state index contributed by atoms with van der Waals surface area (Å²) < 4.78 is 10.4. The number of hydrogen-bond donors (Lipinski definition) is 1. The first-order valence-corrected chi connectivity index (χ1v) is 7.85. The molecule has 1 aliphatic carbocycles. The quantitative estimate of drug-likeness (QED) is 0.845. The van der Waals surface area contributed by atoms with Gasteiger partial charge >= 0.3 is 5.97 Å². The minimum atomic E-state index is -0.618. The second kappa shape index (κ2) is 6.20. The third kappa shape index (κ3) is 3.03. The molecular formula is C17H21NO5. The number of ether oxygens (including phenoxy) is 2. The van der Waals surface area contributed by atoms with Crippen molar-refractivity contribution in [2.45, 2.75) is 38.5 Å². The maximum absolute atomic E-state index is 12.7. The fourth-order valence-corrected chi connectivity index (χ4v) is 3.19. The molecule has 1 saturated carbocycles. The van der Waals surface area contributed by atoms with E-state index in [0.717, 1.165) is 11.1 Å². The Morgan fingerprint density at radius 1 is 1.35 bits per heavy atom. The van der Waals surface area contributed by atoms with Crippen molar-refractivity contribution in [1.29, 1.82) is 0 Å². The van der Waals surface area contributed by atoms with Crippen molar-refractivity contribution in [3.05, 3.63) is 29.3 Å². The topological polar surface area (TPSA) is 76.1 Å². The van der Waals surface area contributed by atoms with Gasteiger partial charge in [-0.15, -0.1) is 0 Å². The van der Waals surface area contributed by atoms with Gasteiger partial charge in [0.2, 0.25) is 5.91 Å². The zero-order chi connectivity index (χ0) is 16.6. The van der Waals surface area contributed by atoms with Crippen LogP contribution in [0, 0.1) is 5.92 Å². The third-order valence-corrected chi connectivity index (χ3v) is 4.51. The maximum atomic E-state index is 12.7. The first-order valence-electron chi connectivity index (χ1n) is 7.85. The molecule has 1 N–H and O–H groups in total. The number of methoxy groups -OCH3 is 1. The van der Waals surface area contributed by atoms with E-state index in [1.165, 1.54) is 7.11 Å². The average Bonchev–Trinajstić information content (AvgIpc) is 3.31. The molecule has 0 aromatic heterocycles. The number of carbonyl (C=O) groups is 2. The molecule has 0 bridgehead atoms. The van der Waals surface area contributed by atoms with Crippen LogP contribution in [-0.4, -0.2) is 47.7 Å². The molecule has 1 aromatic rings. The van der Waals surface area contributed by atoms with Gasteiger partial charge in [0.05, 0.1) is 19.1 Å². The van der Waals surface area contributed by atoms with Crippen LogP contribution in [0.15, 0.2) is 18.2 Å². The largest absolute Gasteiger partial charge is 0.508 e. The predicted octanol–water partition coefficient (Wildman–Crippen LogP) is 1.24. The smallest absolute Gasteiger partial charge is 0.328 e. The number of hydrogen-bond acceptors (Lipinski definition) is 5. The van der Waals surface area contributed by atoms with Gasteiger partial charge in [0.15, 0.2) is 0 Å². The highest BCUT2D eigenvalue weighted by atomic mass is 16.5. The predicted molar refractivity (Wildman–Crippen MR) is 81.7 cm³/mol. The van der Waals surface area contributed by atoms with Gasteiger partial charge in [-0.3, -0.25) is 4.79 Å². The number of phenols is 1. The number of esters is 1. The van der Waals surface area contributed by atoms with Gasteiger partial charge in [-0.05, 0) is 36.6 Å². The molecule has 23 heavy (non-hydrogen) atoms. The van der Waals surface area contributed by atoms with Gasteiger partial charge in [-0.25, -0.2) is 4.79 Å². The first-order chi connectivity index (χ1) is 11.0. The summed E-state index contributed by atoms with van der Waals surface area (Å²) in [5, 5.41) is 9.65. The number of amides is 1. The lowest BCUT2D eigenvalue weighted by Crippen LogP contribution is -2.50. The van der Waals surface area contributed by atoms with Crippen LogP contribution in [0.2, 0.25) is 0 Å². The summed E-state index contributed by atoms with van der Waals surface area (Å²) in [6, 6.07) is 4.42. The highest BCUT2D eigenvalue weighted by Crippen LogP contribution is 2.38. The highest BCUT2D eigenvalue weighted by Gasteiger charge is 2.49. The van der Waals surface area contributed by atoms with Gasteiger partial charge in [0, 0.05) is 19.6 Å². The van der Waals surface area contributed by atoms with E-state index in [1.54, 1.807) is 23.1 Å². The number of rotatable bonds is 4. The number of aromatic hydroxyl groups is 1. The Labute approximate surface area is 135 Å². The van der Waals surface area contributed by atoms with Crippen molar-refractivity contribution < 1.29 is 24.2 Å². The highest BCUT2D eigenvalue weighted by molar-refractivity contribution is 5.88. The first kappa shape index (κ1) is 15.8. The van der Waals surface area contributed by atoms with Crippen molar-refractivity contribution in [3.63, 3.8) is 0 Å². The van der Waals surface area contributed by atoms with Gasteiger partial charge in [-0.2, -0.15) is 0 Å². The molecule has 2 unspecified atom stereocenters. The molecule has 124 valence electrons. The zero-order valence-electron chi connectivity index (χ0n) is 13.3. The lowest BCUT2D eigenvalue weighted by atomic mass is 9.93. The number of benzene rings is 1. The van der Waals surface area contributed by atoms with Crippen molar-refractivity contribution in [2.75, 3.05) is 13.7 Å². The second-order valence-electron chi connectivity index (χ2n) is 6.00. The summed E-state index contributed by atoms with van der Waals surface area (Å²) in [5.41, 5.74) is 1.83.